The molecule has 0 saturated heterocycles. The van der Waals surface area contributed by atoms with Gasteiger partial charge in [-0.2, -0.15) is 0 Å². The maximum Gasteiger partial charge on any atom is 0.339 e. The molecule has 0 heterocycles. The van der Waals surface area contributed by atoms with Crippen molar-refractivity contribution in [2.75, 3.05) is 26.6 Å². The van der Waals surface area contributed by atoms with Crippen LogP contribution in [-0.2, 0) is 9.53 Å². The van der Waals surface area contributed by atoms with Gasteiger partial charge in [0.25, 0.3) is 5.91 Å². The molecule has 1 amide bonds. The van der Waals surface area contributed by atoms with Crippen LogP contribution in [0.2, 0.25) is 5.02 Å². The molecule has 2 aromatic carbocycles. The third-order valence-electron chi connectivity index (χ3n) is 3.68. The first kappa shape index (κ1) is 20.4. The molecule has 8 heteroatoms. The summed E-state index contributed by atoms with van der Waals surface area (Å²) >= 11 is 6.09. The summed E-state index contributed by atoms with van der Waals surface area (Å²) in [6, 6.07) is 9.59. The normalized spacial score (nSPS) is 11.3. The van der Waals surface area contributed by atoms with Crippen LogP contribution >= 0.6 is 11.6 Å². The standard InChI is InChI=1S/C19H20ClNO6/c1-11(18(22)21-13-5-7-14(24-2)8-6-13)27-19(23)12-9-15(20)17(26-4)16(10-12)25-3/h5-11H,1-4H3,(H,21,22)/t11-/m1/s1. The highest BCUT2D eigenvalue weighted by Gasteiger charge is 2.21. The summed E-state index contributed by atoms with van der Waals surface area (Å²) in [6.07, 6.45) is -1.02. The Morgan fingerprint density at radius 2 is 1.67 bits per heavy atom. The molecule has 27 heavy (non-hydrogen) atoms. The van der Waals surface area contributed by atoms with Gasteiger partial charge in [0.2, 0.25) is 0 Å². The second kappa shape index (κ2) is 9.14. The number of rotatable bonds is 7. The number of hydrogen-bond donors (Lipinski definition) is 1. The SMILES string of the molecule is COc1ccc(NC(=O)[C@@H](C)OC(=O)c2cc(Cl)c(OC)c(OC)c2)cc1. The molecule has 0 aliphatic rings. The summed E-state index contributed by atoms with van der Waals surface area (Å²) in [6.45, 7) is 1.47. The highest BCUT2D eigenvalue weighted by molar-refractivity contribution is 6.32. The maximum absolute atomic E-state index is 12.3. The van der Waals surface area contributed by atoms with Gasteiger partial charge in [-0.1, -0.05) is 11.6 Å². The monoisotopic (exact) mass is 393 g/mol. The number of esters is 1. The van der Waals surface area contributed by atoms with E-state index in [2.05, 4.69) is 5.32 Å². The van der Waals surface area contributed by atoms with Gasteiger partial charge < -0.3 is 24.3 Å². The van der Waals surface area contributed by atoms with Crippen molar-refractivity contribution in [3.8, 4) is 17.2 Å². The van der Waals surface area contributed by atoms with E-state index in [-0.39, 0.29) is 16.3 Å². The Balaban J connectivity index is 2.05. The van der Waals surface area contributed by atoms with Crippen LogP contribution in [-0.4, -0.2) is 39.3 Å². The van der Waals surface area contributed by atoms with E-state index in [0.717, 1.165) is 0 Å². The van der Waals surface area contributed by atoms with Gasteiger partial charge in [-0.15, -0.1) is 0 Å². The van der Waals surface area contributed by atoms with Crippen molar-refractivity contribution in [3.05, 3.63) is 47.0 Å². The predicted octanol–water partition coefficient (Wildman–Crippen LogP) is 3.55. The number of benzene rings is 2. The van der Waals surface area contributed by atoms with Gasteiger partial charge in [0, 0.05) is 5.69 Å². The lowest BCUT2D eigenvalue weighted by Gasteiger charge is -2.15. The van der Waals surface area contributed by atoms with Gasteiger partial charge in [-0.05, 0) is 43.3 Å². The first-order valence-electron chi connectivity index (χ1n) is 7.97. The molecule has 2 aromatic rings. The number of halogens is 1. The van der Waals surface area contributed by atoms with Crippen LogP contribution in [0.4, 0.5) is 5.69 Å². The van der Waals surface area contributed by atoms with Crippen molar-refractivity contribution >= 4 is 29.2 Å². The molecule has 2 rings (SSSR count). The molecule has 1 atom stereocenters. The number of carbonyl (C=O) groups excluding carboxylic acids is 2. The lowest BCUT2D eigenvalue weighted by molar-refractivity contribution is -0.123. The quantitative estimate of drug-likeness (QED) is 0.724. The zero-order chi connectivity index (χ0) is 20.0. The second-order valence-corrected chi connectivity index (χ2v) is 5.87. The van der Waals surface area contributed by atoms with Gasteiger partial charge in [-0.25, -0.2) is 4.79 Å². The molecule has 144 valence electrons. The van der Waals surface area contributed by atoms with E-state index >= 15 is 0 Å². The minimum Gasteiger partial charge on any atom is -0.497 e. The zero-order valence-electron chi connectivity index (χ0n) is 15.4. The molecular weight excluding hydrogens is 374 g/mol. The molecular formula is C19H20ClNO6. The van der Waals surface area contributed by atoms with Crippen molar-refractivity contribution in [1.82, 2.24) is 0 Å². The molecule has 0 unspecified atom stereocenters. The third-order valence-corrected chi connectivity index (χ3v) is 3.96. The number of carbonyl (C=O) groups is 2. The van der Waals surface area contributed by atoms with Crippen LogP contribution < -0.4 is 19.5 Å². The lowest BCUT2D eigenvalue weighted by Crippen LogP contribution is -2.30. The van der Waals surface area contributed by atoms with E-state index in [0.29, 0.717) is 17.2 Å². The topological polar surface area (TPSA) is 83.1 Å². The van der Waals surface area contributed by atoms with Gasteiger partial charge in [0.1, 0.15) is 5.75 Å². The number of methoxy groups -OCH3 is 3. The third kappa shape index (κ3) is 5.04. The molecule has 0 aliphatic heterocycles. The predicted molar refractivity (Wildman–Crippen MR) is 101 cm³/mol. The Kier molecular flexibility index (Phi) is 6.90. The zero-order valence-corrected chi connectivity index (χ0v) is 16.1. The van der Waals surface area contributed by atoms with Crippen molar-refractivity contribution in [3.63, 3.8) is 0 Å². The van der Waals surface area contributed by atoms with Crippen molar-refractivity contribution in [1.29, 1.82) is 0 Å². The Morgan fingerprint density at radius 3 is 2.22 bits per heavy atom. The van der Waals surface area contributed by atoms with Crippen LogP contribution in [0.3, 0.4) is 0 Å². The molecule has 0 spiro atoms. The number of hydrogen-bond acceptors (Lipinski definition) is 6. The van der Waals surface area contributed by atoms with E-state index in [1.54, 1.807) is 31.4 Å². The number of amides is 1. The van der Waals surface area contributed by atoms with Gasteiger partial charge in [0.05, 0.1) is 31.9 Å². The van der Waals surface area contributed by atoms with E-state index < -0.39 is 18.0 Å². The van der Waals surface area contributed by atoms with Gasteiger partial charge in [0.15, 0.2) is 17.6 Å². The molecule has 0 radical (unpaired) electrons. The summed E-state index contributed by atoms with van der Waals surface area (Å²) in [7, 11) is 4.41. The van der Waals surface area contributed by atoms with E-state index in [1.807, 2.05) is 0 Å². The van der Waals surface area contributed by atoms with E-state index in [4.69, 9.17) is 30.5 Å². The van der Waals surface area contributed by atoms with Crippen molar-refractivity contribution < 1.29 is 28.5 Å². The first-order valence-corrected chi connectivity index (χ1v) is 8.34. The number of nitrogens with one attached hydrogen (secondary N) is 1. The molecule has 0 fully saturated rings. The maximum atomic E-state index is 12.3. The van der Waals surface area contributed by atoms with Crippen LogP contribution in [0, 0.1) is 0 Å². The fourth-order valence-corrected chi connectivity index (χ4v) is 2.52. The Morgan fingerprint density at radius 1 is 1.00 bits per heavy atom. The van der Waals surface area contributed by atoms with Crippen LogP contribution in [0.25, 0.3) is 0 Å². The van der Waals surface area contributed by atoms with Crippen LogP contribution in [0.5, 0.6) is 17.2 Å². The number of anilines is 1. The summed E-state index contributed by atoms with van der Waals surface area (Å²) in [5.41, 5.74) is 0.694. The molecule has 0 bridgehead atoms. The largest absolute Gasteiger partial charge is 0.497 e. The molecule has 0 aromatic heterocycles. The highest BCUT2D eigenvalue weighted by atomic mass is 35.5. The van der Waals surface area contributed by atoms with E-state index in [1.165, 1.54) is 33.3 Å². The summed E-state index contributed by atoms with van der Waals surface area (Å²) in [5, 5.41) is 2.85. The van der Waals surface area contributed by atoms with E-state index in [9.17, 15) is 9.59 Å². The highest BCUT2D eigenvalue weighted by Crippen LogP contribution is 2.36. The Labute approximate surface area is 162 Å². The first-order chi connectivity index (χ1) is 12.9. The summed E-state index contributed by atoms with van der Waals surface area (Å²) in [4.78, 5) is 24.6. The van der Waals surface area contributed by atoms with Crippen molar-refractivity contribution in [2.24, 2.45) is 0 Å². The minimum atomic E-state index is -1.02. The second-order valence-electron chi connectivity index (χ2n) is 5.46. The number of ether oxygens (including phenoxy) is 4. The average molecular weight is 394 g/mol. The van der Waals surface area contributed by atoms with Gasteiger partial charge >= 0.3 is 5.97 Å². The van der Waals surface area contributed by atoms with Crippen LogP contribution in [0.1, 0.15) is 17.3 Å². The smallest absolute Gasteiger partial charge is 0.339 e. The average Bonchev–Trinajstić information content (AvgIpc) is 2.67. The fourth-order valence-electron chi connectivity index (χ4n) is 2.24. The Hall–Kier alpha value is -2.93. The summed E-state index contributed by atoms with van der Waals surface area (Å²) in [5.74, 6) is 0.0708. The minimum absolute atomic E-state index is 0.141. The Bertz CT molecular complexity index is 822. The van der Waals surface area contributed by atoms with Gasteiger partial charge in [-0.3, -0.25) is 4.79 Å². The van der Waals surface area contributed by atoms with Crippen molar-refractivity contribution in [2.45, 2.75) is 13.0 Å². The fraction of sp³-hybridized carbons (Fsp3) is 0.263. The van der Waals surface area contributed by atoms with Crippen LogP contribution in [0.15, 0.2) is 36.4 Å². The molecule has 1 N–H and O–H groups in total. The summed E-state index contributed by atoms with van der Waals surface area (Å²) < 4.78 is 20.5. The molecule has 0 saturated carbocycles. The molecule has 7 nitrogen and oxygen atoms in total. The molecule has 0 aliphatic carbocycles. The lowest BCUT2D eigenvalue weighted by atomic mass is 10.2.